The van der Waals surface area contributed by atoms with E-state index in [2.05, 4.69) is 346 Å². The topological polar surface area (TPSA) is 108 Å². The average Bonchev–Trinajstić information content (AvgIpc) is 1.57. The normalized spacial score (nSPS) is 13.0. The van der Waals surface area contributed by atoms with Crippen molar-refractivity contribution in [2.75, 3.05) is 0 Å². The minimum Gasteiger partial charge on any atom is -0.455 e. The number of nitrogens with zero attached hydrogens (tertiary/aromatic N) is 9. The number of rotatable bonds is 10. The lowest BCUT2D eigenvalue weighted by Gasteiger charge is -2.17. The van der Waals surface area contributed by atoms with Crippen molar-refractivity contribution in [2.45, 2.75) is 72.0 Å². The van der Waals surface area contributed by atoms with E-state index in [1.165, 1.54) is 69.4 Å². The highest BCUT2D eigenvalue weighted by Crippen LogP contribution is 2.46. The van der Waals surface area contributed by atoms with Gasteiger partial charge >= 0.3 is 0 Å². The molecule has 0 spiro atoms. The molecule has 15 aromatic carbocycles. The summed E-state index contributed by atoms with van der Waals surface area (Å²) < 4.78 is 33.6. The molecule has 1 saturated carbocycles. The maximum atomic E-state index is 6.47. The highest BCUT2D eigenvalue weighted by atomic mass is 16.3. The number of hydrogen-bond acceptors (Lipinski definition) is 6. The van der Waals surface area contributed by atoms with Crippen LogP contribution < -0.4 is 0 Å². The molecule has 9 heterocycles. The Labute approximate surface area is 672 Å². The molecule has 0 amide bonds. The molecule has 1 aliphatic rings. The second-order valence-electron chi connectivity index (χ2n) is 32.1. The number of para-hydroxylation sites is 12. The summed E-state index contributed by atoms with van der Waals surface area (Å²) in [5.41, 5.74) is 26.0. The van der Waals surface area contributed by atoms with Crippen molar-refractivity contribution in [3.05, 3.63) is 328 Å². The first kappa shape index (κ1) is 68.1. The van der Waals surface area contributed by atoms with Crippen molar-refractivity contribution < 1.29 is 13.3 Å². The Bertz CT molecular complexity index is 8060. The Hall–Kier alpha value is -14.5. The zero-order chi connectivity index (χ0) is 77.7. The fraction of sp³-hybridized carbons (Fsp3) is 0.114. The summed E-state index contributed by atoms with van der Waals surface area (Å²) in [4.78, 5) is 15.1. The van der Waals surface area contributed by atoms with Crippen LogP contribution in [0.4, 0.5) is 0 Å². The molecule has 0 saturated heterocycles. The van der Waals surface area contributed by atoms with Crippen LogP contribution in [0.2, 0.25) is 0 Å². The summed E-state index contributed by atoms with van der Waals surface area (Å²) in [5, 5.41) is 14.0. The van der Waals surface area contributed by atoms with Crippen LogP contribution in [0.5, 0.6) is 0 Å². The highest BCUT2D eigenvalue weighted by Gasteiger charge is 2.27. The van der Waals surface area contributed by atoms with Gasteiger partial charge in [-0.3, -0.25) is 0 Å². The van der Waals surface area contributed by atoms with Crippen LogP contribution in [0, 0.1) is 5.92 Å². The van der Waals surface area contributed by atoms with Gasteiger partial charge in [0.15, 0.2) is 0 Å². The van der Waals surface area contributed by atoms with E-state index in [0.717, 1.165) is 178 Å². The maximum Gasteiger partial charge on any atom is 0.145 e. The molecule has 25 rings (SSSR count). The summed E-state index contributed by atoms with van der Waals surface area (Å²) in [7, 11) is 0. The van der Waals surface area contributed by atoms with E-state index in [1.54, 1.807) is 0 Å². The van der Waals surface area contributed by atoms with Crippen LogP contribution in [-0.2, 0) is 6.54 Å². The third-order valence-electron chi connectivity index (χ3n) is 24.3. The van der Waals surface area contributed by atoms with E-state index >= 15 is 0 Å². The van der Waals surface area contributed by atoms with Gasteiger partial charge in [-0.05, 0) is 215 Å². The first-order valence-electron chi connectivity index (χ1n) is 40.9. The van der Waals surface area contributed by atoms with Crippen LogP contribution in [0.15, 0.2) is 341 Å². The third kappa shape index (κ3) is 10.8. The number of benzene rings is 15. The third-order valence-corrected chi connectivity index (χ3v) is 24.3. The van der Waals surface area contributed by atoms with Gasteiger partial charge in [0.1, 0.15) is 51.0 Å². The lowest BCUT2D eigenvalue weighted by atomic mass is 10.1. The second-order valence-corrected chi connectivity index (χ2v) is 32.1. The van der Waals surface area contributed by atoms with Gasteiger partial charge in [-0.2, -0.15) is 0 Å². The number of fused-ring (bicyclic) bond motifs is 24. The summed E-state index contributed by atoms with van der Waals surface area (Å²) in [5.74, 6) is 3.61. The van der Waals surface area contributed by atoms with Crippen molar-refractivity contribution in [3.63, 3.8) is 0 Å². The molecule has 12 nitrogen and oxygen atoms in total. The SMILES string of the molecule is CC(C)Cn1c(-c2ccc(-n3c4ccccc4c4c5oc6ccccc6c5ccc43)cc2)nc2ccccc21.CC(C)n1c(-c2ccc(-n3c4ccccc4c4c5oc6ccccc6c5ccc43)cc2)nc2ccccc21.c1ccc2c(c1)nc(-c1ccc(-n3c4ccccc4c4c5oc6ccccc6c5ccc43)cc1)n2C1CCCC1. The predicted molar refractivity (Wildman–Crippen MR) is 483 cm³/mol. The van der Waals surface area contributed by atoms with Gasteiger partial charge < -0.3 is 40.7 Å². The molecule has 12 heteroatoms. The fourth-order valence-corrected chi connectivity index (χ4v) is 19.2. The minimum absolute atomic E-state index is 0.306. The van der Waals surface area contributed by atoms with E-state index in [1.807, 2.05) is 36.4 Å². The molecule has 562 valence electrons. The predicted octanol–water partition coefficient (Wildman–Crippen LogP) is 28.5. The molecule has 0 radical (unpaired) electrons. The van der Waals surface area contributed by atoms with Gasteiger partial charge in [0.25, 0.3) is 0 Å². The second kappa shape index (κ2) is 27.1. The van der Waals surface area contributed by atoms with Crippen LogP contribution >= 0.6 is 0 Å². The molecular weight excluding hydrogens is 1440 g/mol. The molecule has 0 aliphatic heterocycles. The molecule has 0 atom stereocenters. The van der Waals surface area contributed by atoms with Gasteiger partial charge in [0, 0.05) is 101 Å². The average molecular weight is 1510 g/mol. The van der Waals surface area contributed by atoms with Gasteiger partial charge in [-0.1, -0.05) is 172 Å². The molecule has 0 N–H and O–H groups in total. The molecule has 117 heavy (non-hydrogen) atoms. The van der Waals surface area contributed by atoms with Gasteiger partial charge in [-0.25, -0.2) is 15.0 Å². The van der Waals surface area contributed by atoms with Crippen molar-refractivity contribution in [3.8, 4) is 51.2 Å². The number of imidazole rings is 3. The molecule has 1 fully saturated rings. The van der Waals surface area contributed by atoms with E-state index < -0.39 is 0 Å². The Balaban J connectivity index is 0.000000103. The minimum atomic E-state index is 0.306. The van der Waals surface area contributed by atoms with E-state index in [9.17, 15) is 0 Å². The summed E-state index contributed by atoms with van der Waals surface area (Å²) >= 11 is 0. The summed E-state index contributed by atoms with van der Waals surface area (Å²) in [6, 6.07) is 117. The van der Waals surface area contributed by atoms with Crippen molar-refractivity contribution in [1.82, 2.24) is 42.4 Å². The highest BCUT2D eigenvalue weighted by molar-refractivity contribution is 6.26. The summed E-state index contributed by atoms with van der Waals surface area (Å²) in [6.07, 6.45) is 5.04. The Morgan fingerprint density at radius 3 is 1.03 bits per heavy atom. The lowest BCUT2D eigenvalue weighted by Crippen LogP contribution is -2.06. The zero-order valence-electron chi connectivity index (χ0n) is 65.2. The first-order chi connectivity index (χ1) is 57.7. The fourth-order valence-electron chi connectivity index (χ4n) is 19.2. The quantitative estimate of drug-likeness (QED) is 0.135. The Kier molecular flexibility index (Phi) is 15.8. The van der Waals surface area contributed by atoms with E-state index in [0.29, 0.717) is 18.0 Å². The monoisotopic (exact) mass is 1510 g/mol. The van der Waals surface area contributed by atoms with Crippen LogP contribution in [-0.4, -0.2) is 42.4 Å². The van der Waals surface area contributed by atoms with Gasteiger partial charge in [0.2, 0.25) is 0 Å². The molecule has 0 bridgehead atoms. The maximum absolute atomic E-state index is 6.47. The van der Waals surface area contributed by atoms with Crippen molar-refractivity contribution in [2.24, 2.45) is 5.92 Å². The molecule has 9 aromatic heterocycles. The van der Waals surface area contributed by atoms with Crippen molar-refractivity contribution in [1.29, 1.82) is 0 Å². The van der Waals surface area contributed by atoms with Gasteiger partial charge in [-0.15, -0.1) is 0 Å². The largest absolute Gasteiger partial charge is 0.455 e. The smallest absolute Gasteiger partial charge is 0.145 e. The van der Waals surface area contributed by atoms with E-state index in [4.69, 9.17) is 28.2 Å². The zero-order valence-corrected chi connectivity index (χ0v) is 65.2. The van der Waals surface area contributed by atoms with Crippen LogP contribution in [0.25, 0.3) is 216 Å². The standard InChI is InChI=1S/C36H27N3O.C35H27N3O.C34H25N3O/c1-2-10-24(9-1)39-31-15-7-5-13-29(31)37-36(39)23-17-19-25(20-18-23)38-30-14-6-3-12-28(30)34-32(38)22-21-27-26-11-4-8-16-33(26)40-35(27)34;1-22(2)21-37-30-13-7-5-11-28(30)36-35(37)23-15-17-24(18-16-23)38-29-12-6-3-10-27(29)33-31(38)20-19-26-25-9-4-8-14-32(25)39-34(26)33;1-21(2)36-29-13-7-5-11-27(29)35-34(36)22-15-17-23(18-16-22)37-28-12-6-3-10-26(28)32-30(37)20-19-25-24-9-4-8-14-31(24)38-33(25)32/h3-8,11-22,24H,1-2,9-10H2;3-20,22H,21H2,1-2H3;3-21H,1-2H3. The number of hydrogen-bond donors (Lipinski definition) is 0. The Morgan fingerprint density at radius 2 is 0.615 bits per heavy atom. The molecule has 1 aliphatic carbocycles. The molecule has 24 aromatic rings. The number of furan rings is 3. The van der Waals surface area contributed by atoms with Crippen LogP contribution in [0.1, 0.15) is 65.5 Å². The Morgan fingerprint density at radius 1 is 0.291 bits per heavy atom. The lowest BCUT2D eigenvalue weighted by molar-refractivity contribution is 0.536. The van der Waals surface area contributed by atoms with Crippen LogP contribution in [0.3, 0.4) is 0 Å². The summed E-state index contributed by atoms with van der Waals surface area (Å²) in [6.45, 7) is 9.86. The van der Waals surface area contributed by atoms with E-state index in [-0.39, 0.29) is 0 Å². The molecule has 0 unspecified atom stereocenters. The molecular formula is C105H79N9O3. The number of aromatic nitrogens is 9. The first-order valence-corrected chi connectivity index (χ1v) is 40.9. The van der Waals surface area contributed by atoms with Crippen molar-refractivity contribution >= 4 is 164 Å². The van der Waals surface area contributed by atoms with Gasteiger partial charge in [0.05, 0.1) is 82.4 Å².